The van der Waals surface area contributed by atoms with Crippen molar-refractivity contribution in [2.24, 2.45) is 0 Å². The molecule has 0 aliphatic rings. The highest BCUT2D eigenvalue weighted by atomic mass is 127. The summed E-state index contributed by atoms with van der Waals surface area (Å²) >= 11 is 11.0. The quantitative estimate of drug-likeness (QED) is 0.607. The average molecular weight is 506 g/mol. The summed E-state index contributed by atoms with van der Waals surface area (Å²) in [4.78, 5) is 0.0542. The van der Waals surface area contributed by atoms with Crippen LogP contribution < -0.4 is 10.0 Å². The molecule has 21 heavy (non-hydrogen) atoms. The average Bonchev–Trinajstić information content (AvgIpc) is 2.75. The van der Waals surface area contributed by atoms with Gasteiger partial charge < -0.3 is 9.73 Å². The Morgan fingerprint density at radius 2 is 2.10 bits per heavy atom. The predicted octanol–water partition coefficient (Wildman–Crippen LogP) is 3.82. The lowest BCUT2D eigenvalue weighted by Gasteiger charge is -2.08. The molecule has 0 bridgehead atoms. The Morgan fingerprint density at radius 3 is 2.71 bits per heavy atom. The maximum Gasteiger partial charge on any atom is 0.266 e. The first-order chi connectivity index (χ1) is 9.83. The third kappa shape index (κ3) is 4.13. The van der Waals surface area contributed by atoms with E-state index in [2.05, 4.69) is 26.0 Å². The number of hydrogen-bond donors (Lipinski definition) is 2. The Balaban J connectivity index is 2.34. The van der Waals surface area contributed by atoms with E-state index in [4.69, 9.17) is 16.0 Å². The number of sulfonamides is 1. The van der Waals surface area contributed by atoms with Crippen LogP contribution in [-0.4, -0.2) is 15.5 Å². The van der Waals surface area contributed by atoms with E-state index in [-0.39, 0.29) is 9.56 Å². The third-order valence-corrected chi connectivity index (χ3v) is 5.87. The van der Waals surface area contributed by atoms with Crippen molar-refractivity contribution < 1.29 is 12.8 Å². The summed E-state index contributed by atoms with van der Waals surface area (Å²) in [5, 5.41) is 3.44. The summed E-state index contributed by atoms with van der Waals surface area (Å²) in [5.41, 5.74) is 0.461. The van der Waals surface area contributed by atoms with Crippen LogP contribution >= 0.6 is 50.1 Å². The summed E-state index contributed by atoms with van der Waals surface area (Å²) in [5.74, 6) is 0.524. The number of furan rings is 1. The van der Waals surface area contributed by atoms with E-state index in [1.165, 1.54) is 6.07 Å². The molecule has 9 heteroatoms. The molecule has 0 saturated heterocycles. The highest BCUT2D eigenvalue weighted by Crippen LogP contribution is 2.30. The maximum atomic E-state index is 12.4. The molecule has 1 aromatic heterocycles. The van der Waals surface area contributed by atoms with E-state index in [1.807, 2.05) is 22.6 Å². The molecule has 0 saturated carbocycles. The van der Waals surface area contributed by atoms with Crippen molar-refractivity contribution >= 4 is 65.8 Å². The van der Waals surface area contributed by atoms with Crippen LogP contribution in [0, 0.1) is 3.57 Å². The van der Waals surface area contributed by atoms with Gasteiger partial charge in [0.1, 0.15) is 10.7 Å². The standard InChI is InChI=1S/C12H11BrClIN2O3S/c1-16-6-8-5-11(12(13)20-8)21(18,19)17-10-3-2-7(14)4-9(10)15/h2-5,16-17H,6H2,1H3. The van der Waals surface area contributed by atoms with Gasteiger partial charge in [-0.05, 0) is 63.8 Å². The van der Waals surface area contributed by atoms with Crippen molar-refractivity contribution in [2.45, 2.75) is 11.4 Å². The van der Waals surface area contributed by atoms with Crippen LogP contribution in [0.25, 0.3) is 0 Å². The largest absolute Gasteiger partial charge is 0.451 e. The molecule has 1 aromatic carbocycles. The summed E-state index contributed by atoms with van der Waals surface area (Å²) in [7, 11) is -1.99. The van der Waals surface area contributed by atoms with Crippen molar-refractivity contribution in [3.8, 4) is 0 Å². The van der Waals surface area contributed by atoms with Crippen molar-refractivity contribution in [1.82, 2.24) is 5.32 Å². The zero-order valence-corrected chi connectivity index (χ0v) is 16.1. The number of nitrogens with one attached hydrogen (secondary N) is 2. The molecule has 0 aliphatic carbocycles. The van der Waals surface area contributed by atoms with Crippen molar-refractivity contribution in [1.29, 1.82) is 0 Å². The number of benzene rings is 1. The lowest BCUT2D eigenvalue weighted by Crippen LogP contribution is -2.13. The summed E-state index contributed by atoms with van der Waals surface area (Å²) in [6.07, 6.45) is 0. The number of anilines is 1. The topological polar surface area (TPSA) is 71.3 Å². The van der Waals surface area contributed by atoms with E-state index in [0.717, 1.165) is 0 Å². The van der Waals surface area contributed by atoms with Crippen LogP contribution in [0.4, 0.5) is 5.69 Å². The van der Waals surface area contributed by atoms with Crippen molar-refractivity contribution in [3.05, 3.63) is 43.3 Å². The highest BCUT2D eigenvalue weighted by Gasteiger charge is 2.23. The molecule has 0 fully saturated rings. The number of hydrogen-bond acceptors (Lipinski definition) is 4. The van der Waals surface area contributed by atoms with E-state index in [1.54, 1.807) is 25.2 Å². The molecule has 0 amide bonds. The van der Waals surface area contributed by atoms with Gasteiger partial charge in [0.2, 0.25) is 0 Å². The first kappa shape index (κ1) is 17.1. The SMILES string of the molecule is CNCc1cc(S(=O)(=O)Nc2ccc(Cl)cc2I)c(Br)o1. The van der Waals surface area contributed by atoms with Gasteiger partial charge in [0.05, 0.1) is 12.2 Å². The van der Waals surface area contributed by atoms with Gasteiger partial charge >= 0.3 is 0 Å². The zero-order valence-electron chi connectivity index (χ0n) is 10.8. The van der Waals surface area contributed by atoms with Crippen molar-refractivity contribution in [3.63, 3.8) is 0 Å². The van der Waals surface area contributed by atoms with Gasteiger partial charge in [0.25, 0.3) is 10.0 Å². The highest BCUT2D eigenvalue weighted by molar-refractivity contribution is 14.1. The fraction of sp³-hybridized carbons (Fsp3) is 0.167. The number of halogens is 3. The minimum Gasteiger partial charge on any atom is -0.451 e. The molecule has 0 radical (unpaired) electrons. The molecule has 1 heterocycles. The van der Waals surface area contributed by atoms with Gasteiger partial charge in [-0.2, -0.15) is 0 Å². The molecule has 0 unspecified atom stereocenters. The van der Waals surface area contributed by atoms with E-state index in [0.29, 0.717) is 26.6 Å². The molecule has 2 rings (SSSR count). The molecule has 114 valence electrons. The second-order valence-electron chi connectivity index (χ2n) is 4.11. The summed E-state index contributed by atoms with van der Waals surface area (Å²) < 4.78 is 33.6. The molecule has 2 N–H and O–H groups in total. The van der Waals surface area contributed by atoms with Crippen molar-refractivity contribution in [2.75, 3.05) is 11.8 Å². The normalized spacial score (nSPS) is 11.6. The lowest BCUT2D eigenvalue weighted by molar-refractivity contribution is 0.470. The van der Waals surface area contributed by atoms with Gasteiger partial charge in [-0.1, -0.05) is 11.6 Å². The van der Waals surface area contributed by atoms with Crippen LogP contribution in [0.2, 0.25) is 5.02 Å². The molecule has 0 atom stereocenters. The van der Waals surface area contributed by atoms with Gasteiger partial charge in [0, 0.05) is 14.7 Å². The first-order valence-corrected chi connectivity index (χ1v) is 9.47. The molecule has 5 nitrogen and oxygen atoms in total. The summed E-state index contributed by atoms with van der Waals surface area (Å²) in [6, 6.07) is 6.39. The minimum atomic E-state index is -3.74. The Hall–Kier alpha value is -0.290. The van der Waals surface area contributed by atoms with E-state index in [9.17, 15) is 8.42 Å². The number of rotatable bonds is 5. The van der Waals surface area contributed by atoms with Crippen LogP contribution in [-0.2, 0) is 16.6 Å². The first-order valence-electron chi connectivity index (χ1n) is 5.74. The predicted molar refractivity (Wildman–Crippen MR) is 94.1 cm³/mol. The molecule has 2 aromatic rings. The fourth-order valence-corrected chi connectivity index (χ4v) is 4.88. The minimum absolute atomic E-state index is 0.0542. The molecular weight excluding hydrogens is 494 g/mol. The zero-order chi connectivity index (χ0) is 15.6. The van der Waals surface area contributed by atoms with E-state index < -0.39 is 10.0 Å². The van der Waals surface area contributed by atoms with Gasteiger partial charge in [-0.15, -0.1) is 0 Å². The van der Waals surface area contributed by atoms with Crippen LogP contribution in [0.3, 0.4) is 0 Å². The van der Waals surface area contributed by atoms with Crippen LogP contribution in [0.5, 0.6) is 0 Å². The maximum absolute atomic E-state index is 12.4. The molecule has 0 spiro atoms. The third-order valence-electron chi connectivity index (χ3n) is 2.52. The van der Waals surface area contributed by atoms with Gasteiger partial charge in [-0.25, -0.2) is 8.42 Å². The Morgan fingerprint density at radius 1 is 1.38 bits per heavy atom. The molecular formula is C12H11BrClIN2O3S. The second-order valence-corrected chi connectivity index (χ2v) is 8.08. The van der Waals surface area contributed by atoms with Crippen LogP contribution in [0.15, 0.2) is 38.2 Å². The Labute approximate surface area is 149 Å². The second kappa shape index (κ2) is 6.86. The monoisotopic (exact) mass is 504 g/mol. The Kier molecular flexibility index (Phi) is 5.58. The smallest absolute Gasteiger partial charge is 0.266 e. The van der Waals surface area contributed by atoms with Gasteiger partial charge in [0.15, 0.2) is 4.67 Å². The lowest BCUT2D eigenvalue weighted by atomic mass is 10.3. The van der Waals surface area contributed by atoms with Gasteiger partial charge in [-0.3, -0.25) is 4.72 Å². The Bertz CT molecular complexity index is 764. The molecule has 0 aliphatic heterocycles. The van der Waals surface area contributed by atoms with Crippen LogP contribution in [0.1, 0.15) is 5.76 Å². The fourth-order valence-electron chi connectivity index (χ4n) is 1.61. The summed E-state index contributed by atoms with van der Waals surface area (Å²) in [6.45, 7) is 0.437. The van der Waals surface area contributed by atoms with E-state index >= 15 is 0 Å².